The molecule has 2 unspecified atom stereocenters. The Kier molecular flexibility index (Phi) is 19.2. The smallest absolute Gasteiger partial charge is 0.466 e. The summed E-state index contributed by atoms with van der Waals surface area (Å²) in [5.74, 6) is -2.81. The number of carbonyl (C=O) groups is 8. The van der Waals surface area contributed by atoms with Gasteiger partial charge in [-0.2, -0.15) is 0 Å². The molecular formula is C50H50O20. The molecule has 4 atom stereocenters. The molecule has 370 valence electrons. The van der Waals surface area contributed by atoms with Crippen molar-refractivity contribution in [2.45, 2.75) is 76.8 Å². The molecule has 0 saturated carbocycles. The van der Waals surface area contributed by atoms with Crippen LogP contribution in [0.1, 0.15) is 93.8 Å². The molecule has 4 aromatic carbocycles. The van der Waals surface area contributed by atoms with E-state index in [1.165, 1.54) is 97.1 Å². The van der Waals surface area contributed by atoms with Crippen LogP contribution in [-0.2, 0) is 47.5 Å². The van der Waals surface area contributed by atoms with Gasteiger partial charge in [0.2, 0.25) is 0 Å². The van der Waals surface area contributed by atoms with E-state index in [9.17, 15) is 38.4 Å². The number of ether oxygens (including phenoxy) is 12. The maximum atomic E-state index is 13.1. The van der Waals surface area contributed by atoms with Crippen molar-refractivity contribution in [1.82, 2.24) is 0 Å². The Morgan fingerprint density at radius 2 is 0.686 bits per heavy atom. The second-order valence-corrected chi connectivity index (χ2v) is 15.3. The molecule has 0 N–H and O–H groups in total. The van der Waals surface area contributed by atoms with Gasteiger partial charge in [-0.1, -0.05) is 13.8 Å². The second kappa shape index (κ2) is 26.1. The lowest BCUT2D eigenvalue weighted by atomic mass is 10.1. The lowest BCUT2D eigenvalue weighted by molar-refractivity contribution is -0.144. The third kappa shape index (κ3) is 15.6. The van der Waals surface area contributed by atoms with E-state index in [-0.39, 0.29) is 110 Å². The van der Waals surface area contributed by atoms with Crippen LogP contribution in [0.25, 0.3) is 0 Å². The lowest BCUT2D eigenvalue weighted by Crippen LogP contribution is -2.36. The molecule has 2 aliphatic heterocycles. The van der Waals surface area contributed by atoms with Gasteiger partial charge in [0.05, 0.1) is 61.9 Å². The van der Waals surface area contributed by atoms with E-state index in [0.29, 0.717) is 25.7 Å². The van der Waals surface area contributed by atoms with Gasteiger partial charge in [0.1, 0.15) is 35.2 Å². The predicted octanol–water partition coefficient (Wildman–Crippen LogP) is 7.17. The number of fused-ring (bicyclic) bond motifs is 1. The quantitative estimate of drug-likeness (QED) is 0.0249. The van der Waals surface area contributed by atoms with Crippen LogP contribution >= 0.6 is 0 Å². The average Bonchev–Trinajstić information content (AvgIpc) is 3.96. The van der Waals surface area contributed by atoms with Crippen LogP contribution in [-0.4, -0.2) is 112 Å². The highest BCUT2D eigenvalue weighted by Gasteiger charge is 2.51. The molecule has 0 bridgehead atoms. The van der Waals surface area contributed by atoms with E-state index in [0.717, 1.165) is 0 Å². The van der Waals surface area contributed by atoms with Crippen molar-refractivity contribution in [1.29, 1.82) is 0 Å². The first kappa shape index (κ1) is 51.5. The normalized spacial score (nSPS) is 16.7. The van der Waals surface area contributed by atoms with Crippen molar-refractivity contribution in [2.75, 3.05) is 39.6 Å². The summed E-state index contributed by atoms with van der Waals surface area (Å²) in [5.41, 5.74) is 0.640. The van der Waals surface area contributed by atoms with Crippen molar-refractivity contribution in [3.63, 3.8) is 0 Å². The van der Waals surface area contributed by atoms with Gasteiger partial charge in [0.15, 0.2) is 12.2 Å². The Morgan fingerprint density at radius 3 is 1.00 bits per heavy atom. The Bertz CT molecular complexity index is 2260. The number of hydrogen-bond acceptors (Lipinski definition) is 20. The van der Waals surface area contributed by atoms with Crippen LogP contribution in [0.4, 0.5) is 9.59 Å². The van der Waals surface area contributed by atoms with Crippen molar-refractivity contribution in [3.05, 3.63) is 119 Å². The van der Waals surface area contributed by atoms with Crippen molar-refractivity contribution >= 4 is 48.1 Å². The number of unbranched alkanes of at least 4 members (excludes halogenated alkanes) is 2. The highest BCUT2D eigenvalue weighted by atomic mass is 16.7. The van der Waals surface area contributed by atoms with Crippen molar-refractivity contribution in [2.24, 2.45) is 0 Å². The molecule has 2 aliphatic rings. The highest BCUT2D eigenvalue weighted by molar-refractivity contribution is 5.93. The summed E-state index contributed by atoms with van der Waals surface area (Å²) in [6.07, 6.45) is -2.31. The van der Waals surface area contributed by atoms with E-state index in [1.807, 2.05) is 0 Å². The summed E-state index contributed by atoms with van der Waals surface area (Å²) in [4.78, 5) is 97.9. The number of hydrogen-bond donors (Lipinski definition) is 0. The largest absolute Gasteiger partial charge is 0.513 e. The zero-order valence-corrected chi connectivity index (χ0v) is 38.2. The van der Waals surface area contributed by atoms with Gasteiger partial charge in [0.25, 0.3) is 0 Å². The Hall–Kier alpha value is -7.84. The van der Waals surface area contributed by atoms with Crippen LogP contribution in [0, 0.1) is 0 Å². The molecule has 6 rings (SSSR count). The van der Waals surface area contributed by atoms with Gasteiger partial charge in [-0.3, -0.25) is 9.59 Å². The maximum absolute atomic E-state index is 13.1. The Labute approximate surface area is 401 Å². The molecule has 4 aromatic rings. The molecule has 70 heavy (non-hydrogen) atoms. The van der Waals surface area contributed by atoms with Gasteiger partial charge in [-0.05, 0) is 123 Å². The zero-order valence-electron chi connectivity index (χ0n) is 38.2. The molecule has 20 nitrogen and oxygen atoms in total. The monoisotopic (exact) mass is 970 g/mol. The number of esters is 6. The third-order valence-electron chi connectivity index (χ3n) is 10.3. The molecule has 0 aliphatic carbocycles. The fraction of sp³-hybridized carbons (Fsp3) is 0.360. The average molecular weight is 971 g/mol. The molecule has 2 fully saturated rings. The van der Waals surface area contributed by atoms with Gasteiger partial charge >= 0.3 is 48.1 Å². The van der Waals surface area contributed by atoms with E-state index in [1.54, 1.807) is 13.8 Å². The minimum absolute atomic E-state index is 0.0153. The van der Waals surface area contributed by atoms with Gasteiger partial charge in [-0.15, -0.1) is 0 Å². The highest BCUT2D eigenvalue weighted by Crippen LogP contribution is 2.32. The fourth-order valence-corrected chi connectivity index (χ4v) is 6.56. The number of benzene rings is 4. The SMILES string of the molecule is CCC(=O)OCCCCOC(=O)Oc1ccc(C(=O)Oc2ccc(C(=O)OC3CO[C@H]4C3OC[C@H]4OC(=O)c3ccc(OC(=O)c4ccc(OC(=O)OCCCCOC(=O)CC)cc4)cc3)cc2)cc1. The van der Waals surface area contributed by atoms with Gasteiger partial charge < -0.3 is 56.8 Å². The maximum Gasteiger partial charge on any atom is 0.513 e. The van der Waals surface area contributed by atoms with Crippen LogP contribution in [0.15, 0.2) is 97.1 Å². The van der Waals surface area contributed by atoms with Crippen molar-refractivity contribution < 1.29 is 95.2 Å². The lowest BCUT2D eigenvalue weighted by Gasteiger charge is -2.17. The number of rotatable bonds is 22. The summed E-state index contributed by atoms with van der Waals surface area (Å²) >= 11 is 0. The predicted molar refractivity (Wildman–Crippen MR) is 238 cm³/mol. The minimum Gasteiger partial charge on any atom is -0.466 e. The first-order valence-electron chi connectivity index (χ1n) is 22.4. The van der Waals surface area contributed by atoms with E-state index < -0.39 is 60.6 Å². The molecular weight excluding hydrogens is 921 g/mol. The van der Waals surface area contributed by atoms with Crippen LogP contribution in [0.3, 0.4) is 0 Å². The molecule has 0 spiro atoms. The topological polar surface area (TPSA) is 247 Å². The first-order valence-corrected chi connectivity index (χ1v) is 22.4. The Balaban J connectivity index is 0.875. The molecule has 2 saturated heterocycles. The molecule has 2 heterocycles. The molecule has 0 amide bonds. The van der Waals surface area contributed by atoms with E-state index in [2.05, 4.69) is 0 Å². The number of carbonyl (C=O) groups excluding carboxylic acids is 8. The summed E-state index contributed by atoms with van der Waals surface area (Å²) < 4.78 is 64.0. The summed E-state index contributed by atoms with van der Waals surface area (Å²) in [6.45, 7) is 3.98. The molecule has 20 heteroatoms. The Morgan fingerprint density at radius 1 is 0.400 bits per heavy atom. The van der Waals surface area contributed by atoms with Crippen molar-refractivity contribution in [3.8, 4) is 23.0 Å². The standard InChI is InChI=1S/C50H50O20/c1-3-41(51)59-25-5-7-27-61-49(57)67-37-21-13-31(14-22-37)45(53)65-35-17-9-33(10-18-35)47(55)69-39-29-63-44-40(30-64-43(39)44)70-48(56)34-11-19-36(20-12-34)66-46(54)32-15-23-38(24-16-32)68-50(58)62-28-8-6-26-60-42(52)4-2/h9-24,39-40,43-44H,3-8,25-30H2,1-2H3/t39-,40?,43-,44?/m1/s1. The molecule has 0 radical (unpaired) electrons. The van der Waals surface area contributed by atoms with Gasteiger partial charge in [0, 0.05) is 12.8 Å². The zero-order chi connectivity index (χ0) is 49.8. The van der Waals surface area contributed by atoms with E-state index in [4.69, 9.17) is 56.8 Å². The fourth-order valence-electron chi connectivity index (χ4n) is 6.56. The summed E-state index contributed by atoms with van der Waals surface area (Å²) in [6, 6.07) is 22.6. The third-order valence-corrected chi connectivity index (χ3v) is 10.3. The van der Waals surface area contributed by atoms with Crippen LogP contribution in [0.5, 0.6) is 23.0 Å². The van der Waals surface area contributed by atoms with Gasteiger partial charge in [-0.25, -0.2) is 28.8 Å². The molecule has 0 aromatic heterocycles. The second-order valence-electron chi connectivity index (χ2n) is 15.3. The van der Waals surface area contributed by atoms with E-state index >= 15 is 0 Å². The minimum atomic E-state index is -0.928. The summed E-state index contributed by atoms with van der Waals surface area (Å²) in [7, 11) is 0. The van der Waals surface area contributed by atoms with Crippen LogP contribution in [0.2, 0.25) is 0 Å². The first-order chi connectivity index (χ1) is 33.9. The summed E-state index contributed by atoms with van der Waals surface area (Å²) in [5, 5.41) is 0. The van der Waals surface area contributed by atoms with Crippen LogP contribution < -0.4 is 18.9 Å².